The zero-order valence-corrected chi connectivity index (χ0v) is 17.0. The molecule has 16 heteroatoms. The molecule has 3 aromatic rings. The Balaban J connectivity index is 2.47. The highest BCUT2D eigenvalue weighted by Crippen LogP contribution is 2.54. The fraction of sp³-hybridized carbons (Fsp3) is 0.300. The monoisotopic (exact) mass is 540 g/mol. The fourth-order valence-corrected chi connectivity index (χ4v) is 3.77. The van der Waals surface area contributed by atoms with Crippen LogP contribution < -0.4 is 11.5 Å². The Morgan fingerprint density at radius 3 is 1.36 bits per heavy atom. The zero-order chi connectivity index (χ0) is 27.9. The maximum atomic E-state index is 13.4. The smallest absolute Gasteiger partial charge is 0.398 e. The number of benzene rings is 3. The summed E-state index contributed by atoms with van der Waals surface area (Å²) in [7, 11) is 0. The molecule has 0 saturated carbocycles. The Hall–Kier alpha value is -3.14. The molecule has 0 saturated heterocycles. The van der Waals surface area contributed by atoms with Crippen LogP contribution in [0.3, 0.4) is 0 Å². The van der Waals surface area contributed by atoms with Gasteiger partial charge < -0.3 is 21.7 Å². The van der Waals surface area contributed by atoms with Crippen LogP contribution in [0.5, 0.6) is 0 Å². The first kappa shape index (κ1) is 27.4. The van der Waals surface area contributed by atoms with E-state index in [0.29, 0.717) is 24.3 Å². The quantitative estimate of drug-likeness (QED) is 0.188. The summed E-state index contributed by atoms with van der Waals surface area (Å²) in [5, 5.41) is 16.6. The van der Waals surface area contributed by atoms with Gasteiger partial charge >= 0.3 is 24.7 Å². The molecule has 0 aliphatic heterocycles. The van der Waals surface area contributed by atoms with Crippen LogP contribution in [0.1, 0.15) is 11.1 Å². The third-order valence-corrected chi connectivity index (χ3v) is 5.65. The number of halogens is 12. The highest BCUT2D eigenvalue weighted by atomic mass is 19.4. The normalized spacial score (nSPS) is 14.6. The van der Waals surface area contributed by atoms with Gasteiger partial charge in [0, 0.05) is 33.3 Å². The number of hydrogen-bond acceptors (Lipinski definition) is 4. The lowest BCUT2D eigenvalue weighted by Crippen LogP contribution is -2.54. The molecule has 4 nitrogen and oxygen atoms in total. The van der Waals surface area contributed by atoms with Crippen molar-refractivity contribution in [1.82, 2.24) is 0 Å². The lowest BCUT2D eigenvalue weighted by atomic mass is 9.84. The number of anilines is 2. The van der Waals surface area contributed by atoms with E-state index < -0.39 is 80.0 Å². The SMILES string of the molecule is Nc1c(C(O)(C(F)(F)F)C(F)(F)F)ccc2cc3c(C(O)(C(F)(F)F)C(F)(F)F)ccc(N)c3cc12. The predicted octanol–water partition coefficient (Wildman–Crippen LogP) is 5.78. The molecule has 0 amide bonds. The van der Waals surface area contributed by atoms with Gasteiger partial charge in [-0.1, -0.05) is 18.2 Å². The third kappa shape index (κ3) is 3.65. The van der Waals surface area contributed by atoms with Crippen molar-refractivity contribution in [2.75, 3.05) is 11.5 Å². The second-order valence-corrected chi connectivity index (χ2v) is 7.76. The van der Waals surface area contributed by atoms with E-state index >= 15 is 0 Å². The molecule has 0 fully saturated rings. The maximum Gasteiger partial charge on any atom is 0.430 e. The number of nitrogen functional groups attached to an aromatic ring is 2. The van der Waals surface area contributed by atoms with Crippen LogP contribution in [0.15, 0.2) is 36.4 Å². The molecular formula is C20H12F12N2O2. The molecule has 198 valence electrons. The molecule has 0 heterocycles. The molecular weight excluding hydrogens is 528 g/mol. The maximum absolute atomic E-state index is 13.4. The molecule has 0 unspecified atom stereocenters. The van der Waals surface area contributed by atoms with E-state index in [2.05, 4.69) is 0 Å². The van der Waals surface area contributed by atoms with Gasteiger partial charge in [-0.3, -0.25) is 0 Å². The summed E-state index contributed by atoms with van der Waals surface area (Å²) in [4.78, 5) is 0. The zero-order valence-electron chi connectivity index (χ0n) is 17.0. The van der Waals surface area contributed by atoms with Gasteiger partial charge in [-0.05, 0) is 29.0 Å². The fourth-order valence-electron chi connectivity index (χ4n) is 3.77. The number of hydrogen-bond donors (Lipinski definition) is 4. The van der Waals surface area contributed by atoms with E-state index in [9.17, 15) is 62.9 Å². The molecule has 0 aromatic heterocycles. The van der Waals surface area contributed by atoms with Gasteiger partial charge in [0.1, 0.15) is 0 Å². The van der Waals surface area contributed by atoms with Crippen molar-refractivity contribution in [2.45, 2.75) is 35.9 Å². The highest BCUT2D eigenvalue weighted by Gasteiger charge is 2.73. The highest BCUT2D eigenvalue weighted by molar-refractivity contribution is 6.08. The minimum atomic E-state index is -6.33. The Bertz CT molecular complexity index is 1310. The molecule has 6 N–H and O–H groups in total. The summed E-state index contributed by atoms with van der Waals surface area (Å²) in [6.45, 7) is 0. The molecule has 0 bridgehead atoms. The molecule has 0 spiro atoms. The van der Waals surface area contributed by atoms with Crippen molar-refractivity contribution >= 4 is 32.9 Å². The summed E-state index contributed by atoms with van der Waals surface area (Å²) in [6.07, 6.45) is -25.3. The first-order chi connectivity index (χ1) is 16.0. The van der Waals surface area contributed by atoms with E-state index in [4.69, 9.17) is 11.5 Å². The van der Waals surface area contributed by atoms with Gasteiger partial charge in [-0.2, -0.15) is 52.7 Å². The van der Waals surface area contributed by atoms with Crippen molar-refractivity contribution in [1.29, 1.82) is 0 Å². The van der Waals surface area contributed by atoms with Crippen molar-refractivity contribution in [3.05, 3.63) is 47.5 Å². The Labute approximate surface area is 191 Å². The molecule has 36 heavy (non-hydrogen) atoms. The van der Waals surface area contributed by atoms with Crippen LogP contribution in [0.2, 0.25) is 0 Å². The van der Waals surface area contributed by atoms with Crippen molar-refractivity contribution in [2.24, 2.45) is 0 Å². The van der Waals surface area contributed by atoms with Gasteiger partial charge in [-0.15, -0.1) is 0 Å². The Morgan fingerprint density at radius 1 is 0.500 bits per heavy atom. The van der Waals surface area contributed by atoms with Crippen LogP contribution >= 0.6 is 0 Å². The van der Waals surface area contributed by atoms with Crippen molar-refractivity contribution in [3.8, 4) is 0 Å². The minimum Gasteiger partial charge on any atom is -0.398 e. The van der Waals surface area contributed by atoms with E-state index in [0.717, 1.165) is 0 Å². The second-order valence-electron chi connectivity index (χ2n) is 7.76. The van der Waals surface area contributed by atoms with E-state index in [1.807, 2.05) is 0 Å². The first-order valence-corrected chi connectivity index (χ1v) is 9.27. The molecule has 0 aliphatic carbocycles. The van der Waals surface area contributed by atoms with E-state index in [-0.39, 0.29) is 12.1 Å². The summed E-state index contributed by atoms with van der Waals surface area (Å²) in [5.41, 5.74) is -5.30. The van der Waals surface area contributed by atoms with Gasteiger partial charge in [-0.25, -0.2) is 0 Å². The number of rotatable bonds is 2. The lowest BCUT2D eigenvalue weighted by Gasteiger charge is -2.34. The van der Waals surface area contributed by atoms with Gasteiger partial charge in [0.05, 0.1) is 0 Å². The largest absolute Gasteiger partial charge is 0.430 e. The molecule has 0 aliphatic rings. The van der Waals surface area contributed by atoms with Crippen molar-refractivity contribution in [3.63, 3.8) is 0 Å². The Morgan fingerprint density at radius 2 is 0.917 bits per heavy atom. The molecule has 3 rings (SSSR count). The minimum absolute atomic E-state index is 0.0795. The van der Waals surface area contributed by atoms with Crippen molar-refractivity contribution < 1.29 is 62.9 Å². The number of fused-ring (bicyclic) bond motifs is 2. The first-order valence-electron chi connectivity index (χ1n) is 9.27. The predicted molar refractivity (Wildman–Crippen MR) is 102 cm³/mol. The topological polar surface area (TPSA) is 92.5 Å². The summed E-state index contributed by atoms with van der Waals surface area (Å²) in [5.74, 6) is 0. The summed E-state index contributed by atoms with van der Waals surface area (Å²) >= 11 is 0. The van der Waals surface area contributed by atoms with Gasteiger partial charge in [0.25, 0.3) is 11.2 Å². The molecule has 3 aromatic carbocycles. The Kier molecular flexibility index (Phi) is 5.85. The van der Waals surface area contributed by atoms with Gasteiger partial charge in [0.2, 0.25) is 0 Å². The third-order valence-electron chi connectivity index (χ3n) is 5.65. The van der Waals surface area contributed by atoms with Crippen LogP contribution in [-0.4, -0.2) is 34.9 Å². The van der Waals surface area contributed by atoms with E-state index in [1.165, 1.54) is 0 Å². The molecule has 0 radical (unpaired) electrons. The van der Waals surface area contributed by atoms with Crippen LogP contribution in [0.25, 0.3) is 21.5 Å². The van der Waals surface area contributed by atoms with Crippen LogP contribution in [0.4, 0.5) is 64.1 Å². The van der Waals surface area contributed by atoms with E-state index in [1.54, 1.807) is 0 Å². The van der Waals surface area contributed by atoms with Crippen LogP contribution in [0, 0.1) is 0 Å². The average Bonchev–Trinajstić information content (AvgIpc) is 2.69. The van der Waals surface area contributed by atoms with Crippen LogP contribution in [-0.2, 0) is 11.2 Å². The number of alkyl halides is 12. The lowest BCUT2D eigenvalue weighted by molar-refractivity contribution is -0.376. The second kappa shape index (κ2) is 7.68. The molecule has 0 atom stereocenters. The summed E-state index contributed by atoms with van der Waals surface area (Å²) < 4.78 is 160. The standard InChI is InChI=1S/C20H12F12N2O2/c21-17(22,23)15(35,18(24,25)26)11-3-4-13(33)10-6-8-7(5-9(10)11)1-2-12(14(8)34)16(36,19(27,28)29)20(30,31)32/h1-6,35-36H,33-34H2. The van der Waals surface area contributed by atoms with Gasteiger partial charge in [0.15, 0.2) is 0 Å². The summed E-state index contributed by atoms with van der Waals surface area (Å²) in [6, 6.07) is 2.39. The number of aliphatic hydroxyl groups is 2. The average molecular weight is 540 g/mol. The number of nitrogens with two attached hydrogens (primary N) is 2.